The molecule has 1 aliphatic rings. The summed E-state index contributed by atoms with van der Waals surface area (Å²) >= 11 is 0. The lowest BCUT2D eigenvalue weighted by Gasteiger charge is -2.26. The van der Waals surface area contributed by atoms with Crippen molar-refractivity contribution in [3.8, 4) is 0 Å². The van der Waals surface area contributed by atoms with E-state index in [-0.39, 0.29) is 11.8 Å². The molecule has 1 heterocycles. The fourth-order valence-electron chi connectivity index (χ4n) is 2.01. The fourth-order valence-corrected chi connectivity index (χ4v) is 4.40. The Hall–Kier alpha value is -0.983. The van der Waals surface area contributed by atoms with Gasteiger partial charge in [-0.05, 0) is 32.9 Å². The Balaban J connectivity index is 2.39. The van der Waals surface area contributed by atoms with Crippen LogP contribution in [0.1, 0.15) is 20.3 Å². The summed E-state index contributed by atoms with van der Waals surface area (Å²) in [5.41, 5.74) is 0. The van der Waals surface area contributed by atoms with Gasteiger partial charge in [0.25, 0.3) is 11.8 Å². The van der Waals surface area contributed by atoms with Crippen molar-refractivity contribution < 1.29 is 18.4 Å². The lowest BCUT2D eigenvalue weighted by Crippen LogP contribution is -2.40. The van der Waals surface area contributed by atoms with Crippen LogP contribution >= 0.6 is 0 Å². The van der Waals surface area contributed by atoms with Gasteiger partial charge in [0.05, 0.1) is 0 Å². The first kappa shape index (κ1) is 15.1. The van der Waals surface area contributed by atoms with E-state index in [1.807, 2.05) is 20.4 Å². The number of rotatable bonds is 8. The SMILES string of the molecule is CCO[Si](C)(CCCN1C(=O)C=CC1=O)OCC. The summed E-state index contributed by atoms with van der Waals surface area (Å²) in [7, 11) is -2.14. The van der Waals surface area contributed by atoms with E-state index in [4.69, 9.17) is 8.85 Å². The smallest absolute Gasteiger partial charge is 0.334 e. The van der Waals surface area contributed by atoms with E-state index in [1.54, 1.807) is 0 Å². The van der Waals surface area contributed by atoms with Crippen molar-refractivity contribution in [3.63, 3.8) is 0 Å². The molecule has 0 aromatic carbocycles. The van der Waals surface area contributed by atoms with Crippen molar-refractivity contribution in [1.82, 2.24) is 4.90 Å². The number of hydrogen-bond acceptors (Lipinski definition) is 4. The second-order valence-electron chi connectivity index (χ2n) is 4.26. The van der Waals surface area contributed by atoms with Gasteiger partial charge in [-0.25, -0.2) is 0 Å². The van der Waals surface area contributed by atoms with Gasteiger partial charge in [-0.3, -0.25) is 14.5 Å². The van der Waals surface area contributed by atoms with Gasteiger partial charge in [-0.15, -0.1) is 0 Å². The zero-order valence-corrected chi connectivity index (χ0v) is 12.3. The monoisotopic (exact) mass is 271 g/mol. The van der Waals surface area contributed by atoms with Crippen molar-refractivity contribution in [1.29, 1.82) is 0 Å². The highest BCUT2D eigenvalue weighted by molar-refractivity contribution is 6.66. The van der Waals surface area contributed by atoms with Gasteiger partial charge in [0.1, 0.15) is 0 Å². The molecule has 0 atom stereocenters. The summed E-state index contributed by atoms with van der Waals surface area (Å²) in [4.78, 5) is 24.0. The Labute approximate surface area is 109 Å². The first-order valence-corrected chi connectivity index (χ1v) is 8.86. The number of carbonyl (C=O) groups excluding carboxylic acids is 2. The van der Waals surface area contributed by atoms with Crippen molar-refractivity contribution in [2.45, 2.75) is 32.9 Å². The largest absolute Gasteiger partial charge is 0.395 e. The Morgan fingerprint density at radius 2 is 1.61 bits per heavy atom. The van der Waals surface area contributed by atoms with Crippen LogP contribution in [0, 0.1) is 0 Å². The van der Waals surface area contributed by atoms with Gasteiger partial charge < -0.3 is 8.85 Å². The Morgan fingerprint density at radius 1 is 1.11 bits per heavy atom. The molecule has 0 saturated carbocycles. The van der Waals surface area contributed by atoms with Crippen LogP contribution in [0.5, 0.6) is 0 Å². The standard InChI is InChI=1S/C12H21NO4Si/c1-4-16-18(3,17-5-2)10-6-9-13-11(14)7-8-12(13)15/h7-8H,4-6,9-10H2,1-3H3. The predicted molar refractivity (Wildman–Crippen MR) is 70.2 cm³/mol. The summed E-state index contributed by atoms with van der Waals surface area (Å²) in [6.45, 7) is 7.61. The van der Waals surface area contributed by atoms with E-state index in [0.29, 0.717) is 19.8 Å². The maximum Gasteiger partial charge on any atom is 0.334 e. The zero-order chi connectivity index (χ0) is 13.6. The molecule has 5 nitrogen and oxygen atoms in total. The van der Waals surface area contributed by atoms with Gasteiger partial charge in [-0.2, -0.15) is 0 Å². The second kappa shape index (κ2) is 6.82. The molecule has 1 aliphatic heterocycles. The molecular weight excluding hydrogens is 250 g/mol. The zero-order valence-electron chi connectivity index (χ0n) is 11.3. The maximum absolute atomic E-state index is 11.4. The summed E-state index contributed by atoms with van der Waals surface area (Å²) in [6, 6.07) is 0.783. The van der Waals surface area contributed by atoms with Crippen LogP contribution in [0.3, 0.4) is 0 Å². The van der Waals surface area contributed by atoms with Crippen LogP contribution in [0.25, 0.3) is 0 Å². The van der Waals surface area contributed by atoms with Crippen molar-refractivity contribution in [3.05, 3.63) is 12.2 Å². The van der Waals surface area contributed by atoms with Crippen LogP contribution in [0.4, 0.5) is 0 Å². The molecule has 0 saturated heterocycles. The third-order valence-corrected chi connectivity index (χ3v) is 5.87. The minimum Gasteiger partial charge on any atom is -0.395 e. The Morgan fingerprint density at radius 3 is 2.06 bits per heavy atom. The quantitative estimate of drug-likeness (QED) is 0.495. The lowest BCUT2D eigenvalue weighted by molar-refractivity contribution is -0.136. The normalized spacial score (nSPS) is 15.8. The minimum atomic E-state index is -2.14. The molecule has 0 bridgehead atoms. The molecule has 0 aromatic heterocycles. The number of nitrogens with zero attached hydrogens (tertiary/aromatic N) is 1. The first-order chi connectivity index (χ1) is 8.52. The van der Waals surface area contributed by atoms with E-state index in [1.165, 1.54) is 17.1 Å². The molecule has 0 aromatic rings. The van der Waals surface area contributed by atoms with E-state index in [9.17, 15) is 9.59 Å². The Kier molecular flexibility index (Phi) is 5.71. The summed E-state index contributed by atoms with van der Waals surface area (Å²) in [5, 5.41) is 0. The molecule has 0 radical (unpaired) electrons. The molecule has 0 spiro atoms. The average Bonchev–Trinajstić information content (AvgIpc) is 2.61. The summed E-state index contributed by atoms with van der Waals surface area (Å²) in [5.74, 6) is -0.452. The third kappa shape index (κ3) is 4.04. The van der Waals surface area contributed by atoms with Gasteiger partial charge >= 0.3 is 8.56 Å². The summed E-state index contributed by atoms with van der Waals surface area (Å²) in [6.07, 6.45) is 3.34. The van der Waals surface area contributed by atoms with Gasteiger partial charge in [0.2, 0.25) is 0 Å². The molecule has 1 rings (SSSR count). The van der Waals surface area contributed by atoms with Crippen molar-refractivity contribution in [2.75, 3.05) is 19.8 Å². The molecule has 18 heavy (non-hydrogen) atoms. The molecule has 102 valence electrons. The number of carbonyl (C=O) groups is 2. The van der Waals surface area contributed by atoms with E-state index in [0.717, 1.165) is 12.5 Å². The molecule has 0 aliphatic carbocycles. The molecule has 6 heteroatoms. The number of imide groups is 1. The molecule has 0 N–H and O–H groups in total. The summed E-state index contributed by atoms with van der Waals surface area (Å²) < 4.78 is 11.4. The van der Waals surface area contributed by atoms with Gasteiger partial charge in [0.15, 0.2) is 0 Å². The fraction of sp³-hybridized carbons (Fsp3) is 0.667. The number of amides is 2. The van der Waals surface area contributed by atoms with Crippen LogP contribution in [-0.2, 0) is 18.4 Å². The highest BCUT2D eigenvalue weighted by Crippen LogP contribution is 2.17. The van der Waals surface area contributed by atoms with E-state index < -0.39 is 8.56 Å². The van der Waals surface area contributed by atoms with Crippen LogP contribution in [-0.4, -0.2) is 45.0 Å². The topological polar surface area (TPSA) is 55.8 Å². The first-order valence-electron chi connectivity index (χ1n) is 6.34. The minimum absolute atomic E-state index is 0.226. The molecule has 0 fully saturated rings. The van der Waals surface area contributed by atoms with Crippen LogP contribution in [0.2, 0.25) is 12.6 Å². The molecule has 2 amide bonds. The van der Waals surface area contributed by atoms with Crippen LogP contribution in [0.15, 0.2) is 12.2 Å². The van der Waals surface area contributed by atoms with E-state index in [2.05, 4.69) is 0 Å². The highest BCUT2D eigenvalue weighted by atomic mass is 28.4. The molecular formula is C12H21NO4Si. The number of hydrogen-bond donors (Lipinski definition) is 0. The predicted octanol–water partition coefficient (Wildman–Crippen LogP) is 1.45. The molecule has 0 unspecified atom stereocenters. The van der Waals surface area contributed by atoms with Gasteiger partial charge in [-0.1, -0.05) is 0 Å². The van der Waals surface area contributed by atoms with Crippen LogP contribution < -0.4 is 0 Å². The average molecular weight is 271 g/mol. The Bertz CT molecular complexity index is 319. The lowest BCUT2D eigenvalue weighted by atomic mass is 10.4. The second-order valence-corrected chi connectivity index (χ2v) is 7.61. The van der Waals surface area contributed by atoms with Crippen molar-refractivity contribution >= 4 is 20.4 Å². The van der Waals surface area contributed by atoms with Crippen molar-refractivity contribution in [2.24, 2.45) is 0 Å². The third-order valence-electron chi connectivity index (χ3n) is 2.81. The highest BCUT2D eigenvalue weighted by Gasteiger charge is 2.31. The van der Waals surface area contributed by atoms with E-state index >= 15 is 0 Å². The maximum atomic E-state index is 11.4. The van der Waals surface area contributed by atoms with Gasteiger partial charge in [0, 0.05) is 31.9 Å².